The van der Waals surface area contributed by atoms with Crippen LogP contribution in [-0.2, 0) is 27.9 Å². The summed E-state index contributed by atoms with van der Waals surface area (Å²) in [5.74, 6) is 0.543. The predicted octanol–water partition coefficient (Wildman–Crippen LogP) is 3.19. The number of ether oxygens (including phenoxy) is 1. The second-order valence-corrected chi connectivity index (χ2v) is 10.4. The lowest BCUT2D eigenvalue weighted by Gasteiger charge is -2.25. The molecule has 1 aromatic carbocycles. The van der Waals surface area contributed by atoms with Crippen LogP contribution < -0.4 is 0 Å². The van der Waals surface area contributed by atoms with E-state index in [0.717, 1.165) is 43.3 Å². The van der Waals surface area contributed by atoms with Crippen molar-refractivity contribution < 1.29 is 17.9 Å². The van der Waals surface area contributed by atoms with Crippen LogP contribution in [-0.4, -0.2) is 51.5 Å². The van der Waals surface area contributed by atoms with Crippen LogP contribution in [0.5, 0.6) is 0 Å². The van der Waals surface area contributed by atoms with Gasteiger partial charge in [-0.05, 0) is 56.9 Å². The molecule has 1 saturated carbocycles. The van der Waals surface area contributed by atoms with Crippen molar-refractivity contribution in [2.24, 2.45) is 0 Å². The summed E-state index contributed by atoms with van der Waals surface area (Å²) < 4.78 is 35.0. The summed E-state index contributed by atoms with van der Waals surface area (Å²) in [6, 6.07) is 6.79. The fourth-order valence-electron chi connectivity index (χ4n) is 4.29. The van der Waals surface area contributed by atoms with Crippen LogP contribution in [0, 0.1) is 0 Å². The summed E-state index contributed by atoms with van der Waals surface area (Å²) in [5.41, 5.74) is 2.62. The maximum Gasteiger partial charge on any atom is 0.359 e. The Hall–Kier alpha value is -2.72. The average Bonchev–Trinajstić information content (AvgIpc) is 3.43. The maximum atomic E-state index is 13.0. The first-order chi connectivity index (χ1) is 15.5. The molecule has 3 aromatic rings. The van der Waals surface area contributed by atoms with Crippen molar-refractivity contribution in [3.05, 3.63) is 41.5 Å². The highest BCUT2D eigenvalue weighted by Crippen LogP contribution is 2.39. The van der Waals surface area contributed by atoms with Gasteiger partial charge < -0.3 is 9.30 Å². The number of piperidine rings is 1. The molecule has 1 aliphatic carbocycles. The summed E-state index contributed by atoms with van der Waals surface area (Å²) >= 11 is 0. The van der Waals surface area contributed by atoms with E-state index in [1.165, 1.54) is 0 Å². The van der Waals surface area contributed by atoms with E-state index in [-0.39, 0.29) is 17.2 Å². The number of imidazole rings is 1. The molecule has 1 N–H and O–H groups in total. The van der Waals surface area contributed by atoms with Crippen molar-refractivity contribution in [2.75, 3.05) is 13.1 Å². The monoisotopic (exact) mass is 457 g/mol. The molecule has 170 valence electrons. The summed E-state index contributed by atoms with van der Waals surface area (Å²) in [7, 11) is -3.54. The van der Waals surface area contributed by atoms with Crippen molar-refractivity contribution in [2.45, 2.75) is 63.0 Å². The Balaban J connectivity index is 1.36. The maximum absolute atomic E-state index is 13.0. The smallest absolute Gasteiger partial charge is 0.359 e. The molecular formula is C22H27N5O4S. The normalized spacial score (nSPS) is 17.7. The molecule has 0 bridgehead atoms. The Kier molecular flexibility index (Phi) is 5.50. The molecule has 0 unspecified atom stereocenters. The molecule has 0 spiro atoms. The molecule has 2 fully saturated rings. The van der Waals surface area contributed by atoms with Gasteiger partial charge in [-0.2, -0.15) is 9.40 Å². The van der Waals surface area contributed by atoms with Gasteiger partial charge in [0, 0.05) is 31.2 Å². The third-order valence-corrected chi connectivity index (χ3v) is 8.12. The Morgan fingerprint density at radius 1 is 1.19 bits per heavy atom. The van der Waals surface area contributed by atoms with Crippen molar-refractivity contribution in [1.29, 1.82) is 0 Å². The van der Waals surface area contributed by atoms with E-state index in [4.69, 9.17) is 4.74 Å². The Labute approximate surface area is 186 Å². The summed E-state index contributed by atoms with van der Waals surface area (Å²) in [5, 5.41) is 6.97. The van der Waals surface area contributed by atoms with E-state index >= 15 is 0 Å². The van der Waals surface area contributed by atoms with Crippen LogP contribution in [0.25, 0.3) is 11.0 Å². The lowest BCUT2D eigenvalue weighted by molar-refractivity contribution is 0.0451. The summed E-state index contributed by atoms with van der Waals surface area (Å²) in [6.45, 7) is 3.69. The zero-order chi connectivity index (χ0) is 22.3. The lowest BCUT2D eigenvalue weighted by Crippen LogP contribution is -2.35. The number of nitrogens with zero attached hydrogens (tertiary/aromatic N) is 4. The van der Waals surface area contributed by atoms with Crippen molar-refractivity contribution in [3.63, 3.8) is 0 Å². The fourth-order valence-corrected chi connectivity index (χ4v) is 5.82. The third kappa shape index (κ3) is 3.93. The molecule has 1 saturated heterocycles. The third-order valence-electron chi connectivity index (χ3n) is 6.22. The van der Waals surface area contributed by atoms with E-state index in [9.17, 15) is 13.2 Å². The first-order valence-corrected chi connectivity index (χ1v) is 12.6. The molecule has 10 heteroatoms. The minimum absolute atomic E-state index is 0.0127. The zero-order valence-electron chi connectivity index (χ0n) is 18.1. The average molecular weight is 458 g/mol. The van der Waals surface area contributed by atoms with Gasteiger partial charge in [-0.1, -0.05) is 6.42 Å². The van der Waals surface area contributed by atoms with Crippen LogP contribution in [0.1, 0.15) is 67.0 Å². The molecule has 0 atom stereocenters. The van der Waals surface area contributed by atoms with E-state index in [0.29, 0.717) is 36.9 Å². The van der Waals surface area contributed by atoms with E-state index in [1.54, 1.807) is 28.6 Å². The Morgan fingerprint density at radius 2 is 1.97 bits per heavy atom. The quantitative estimate of drug-likeness (QED) is 0.546. The number of nitrogens with one attached hydrogen (secondary N) is 1. The number of esters is 1. The number of aromatic nitrogens is 4. The summed E-state index contributed by atoms with van der Waals surface area (Å²) in [4.78, 5) is 17.3. The molecule has 5 rings (SSSR count). The van der Waals surface area contributed by atoms with Crippen molar-refractivity contribution in [1.82, 2.24) is 24.1 Å². The SMILES string of the molecule is CCn1c(COC(=O)c2cc(C3CC3)[nH]n2)nc2cc(S(=O)(=O)N3CCCCC3)ccc21. The van der Waals surface area contributed by atoms with Crippen molar-refractivity contribution >= 4 is 27.0 Å². The van der Waals surface area contributed by atoms with Gasteiger partial charge in [-0.3, -0.25) is 5.10 Å². The predicted molar refractivity (Wildman–Crippen MR) is 118 cm³/mol. The van der Waals surface area contributed by atoms with E-state index < -0.39 is 16.0 Å². The number of carbonyl (C=O) groups is 1. The summed E-state index contributed by atoms with van der Waals surface area (Å²) in [6.07, 6.45) is 5.08. The molecule has 0 amide bonds. The number of fused-ring (bicyclic) bond motifs is 1. The zero-order valence-corrected chi connectivity index (χ0v) is 18.9. The molecule has 0 radical (unpaired) electrons. The number of sulfonamides is 1. The molecule has 1 aliphatic heterocycles. The number of H-pyrrole nitrogens is 1. The topological polar surface area (TPSA) is 110 Å². The van der Waals surface area contributed by atoms with E-state index in [2.05, 4.69) is 15.2 Å². The van der Waals surface area contributed by atoms with Crippen LogP contribution in [0.3, 0.4) is 0 Å². The Bertz CT molecular complexity index is 1250. The van der Waals surface area contributed by atoms with Gasteiger partial charge >= 0.3 is 5.97 Å². The number of hydrogen-bond donors (Lipinski definition) is 1. The molecule has 2 aromatic heterocycles. The number of benzene rings is 1. The highest BCUT2D eigenvalue weighted by molar-refractivity contribution is 7.89. The molecular weight excluding hydrogens is 430 g/mol. The van der Waals surface area contributed by atoms with Gasteiger partial charge in [0.05, 0.1) is 15.9 Å². The molecule has 2 aliphatic rings. The van der Waals surface area contributed by atoms with Crippen molar-refractivity contribution in [3.8, 4) is 0 Å². The largest absolute Gasteiger partial charge is 0.453 e. The number of aryl methyl sites for hydroxylation is 1. The van der Waals surface area contributed by atoms with Gasteiger partial charge in [0.2, 0.25) is 10.0 Å². The van der Waals surface area contributed by atoms with Gasteiger partial charge in [0.25, 0.3) is 0 Å². The van der Waals surface area contributed by atoms with Crippen LogP contribution in [0.4, 0.5) is 0 Å². The fraction of sp³-hybridized carbons (Fsp3) is 0.500. The highest BCUT2D eigenvalue weighted by Gasteiger charge is 2.28. The number of hydrogen-bond acceptors (Lipinski definition) is 6. The molecule has 9 nitrogen and oxygen atoms in total. The van der Waals surface area contributed by atoms with Gasteiger partial charge in [0.1, 0.15) is 12.4 Å². The molecule has 3 heterocycles. The highest BCUT2D eigenvalue weighted by atomic mass is 32.2. The standard InChI is InChI=1S/C22H27N5O4S/c1-2-27-20-9-8-16(32(29,30)26-10-4-3-5-11-26)12-18(20)23-21(27)14-31-22(28)19-13-17(24-25-19)15-6-7-15/h8-9,12-13,15H,2-7,10-11,14H2,1H3,(H,24,25). The first kappa shape index (κ1) is 21.1. The van der Waals surface area contributed by atoms with Gasteiger partial charge in [-0.25, -0.2) is 18.2 Å². The first-order valence-electron chi connectivity index (χ1n) is 11.2. The number of rotatable bonds is 7. The Morgan fingerprint density at radius 3 is 2.69 bits per heavy atom. The number of aromatic amines is 1. The number of carbonyl (C=O) groups excluding carboxylic acids is 1. The van der Waals surface area contributed by atoms with Crippen LogP contribution >= 0.6 is 0 Å². The van der Waals surface area contributed by atoms with Gasteiger partial charge in [0.15, 0.2) is 5.69 Å². The minimum Gasteiger partial charge on any atom is -0.453 e. The second-order valence-electron chi connectivity index (χ2n) is 8.45. The second kappa shape index (κ2) is 8.32. The van der Waals surface area contributed by atoms with Crippen LogP contribution in [0.2, 0.25) is 0 Å². The molecule has 32 heavy (non-hydrogen) atoms. The van der Waals surface area contributed by atoms with Crippen LogP contribution in [0.15, 0.2) is 29.2 Å². The van der Waals surface area contributed by atoms with Gasteiger partial charge in [-0.15, -0.1) is 0 Å². The lowest BCUT2D eigenvalue weighted by atomic mass is 10.2. The minimum atomic E-state index is -3.54. The van der Waals surface area contributed by atoms with E-state index in [1.807, 2.05) is 11.5 Å².